The third kappa shape index (κ3) is 2.86. The van der Waals surface area contributed by atoms with Crippen LogP contribution in [0.3, 0.4) is 0 Å². The van der Waals surface area contributed by atoms with Gasteiger partial charge < -0.3 is 9.15 Å². The van der Waals surface area contributed by atoms with Gasteiger partial charge >= 0.3 is 5.97 Å². The van der Waals surface area contributed by atoms with Crippen molar-refractivity contribution in [2.24, 2.45) is 0 Å². The maximum atomic E-state index is 11.6. The first-order chi connectivity index (χ1) is 10.6. The second-order valence-corrected chi connectivity index (χ2v) is 5.19. The fraction of sp³-hybridized carbons (Fsp3) is 0.312. The minimum Gasteiger partial charge on any atom is -0.472 e. The van der Waals surface area contributed by atoms with Crippen LogP contribution >= 0.6 is 0 Å². The molecule has 0 N–H and O–H groups in total. The molecule has 0 saturated carbocycles. The van der Waals surface area contributed by atoms with Gasteiger partial charge in [0, 0.05) is 18.0 Å². The molecule has 0 spiro atoms. The Kier molecular flexibility index (Phi) is 3.91. The van der Waals surface area contributed by atoms with Crippen LogP contribution < -0.4 is 0 Å². The van der Waals surface area contributed by atoms with Gasteiger partial charge in [0.15, 0.2) is 5.65 Å². The Morgan fingerprint density at radius 2 is 2.27 bits per heavy atom. The number of nitrogens with zero attached hydrogens (tertiary/aromatic N) is 3. The maximum Gasteiger partial charge on any atom is 0.341 e. The van der Waals surface area contributed by atoms with Crippen molar-refractivity contribution < 1.29 is 13.9 Å². The minimum atomic E-state index is -0.361. The molecule has 0 aromatic carbocycles. The number of carbonyl (C=O) groups excluding carboxylic acids is 1. The molecule has 0 aliphatic heterocycles. The lowest BCUT2D eigenvalue weighted by Crippen LogP contribution is -2.06. The van der Waals surface area contributed by atoms with Crippen LogP contribution in [0.5, 0.6) is 0 Å². The number of fused-ring (bicyclic) bond motifs is 1. The molecule has 6 nitrogen and oxygen atoms in total. The van der Waals surface area contributed by atoms with Gasteiger partial charge in [-0.15, -0.1) is 0 Å². The number of ether oxygens (including phenoxy) is 1. The Morgan fingerprint density at radius 3 is 3.05 bits per heavy atom. The molecule has 3 aromatic rings. The summed E-state index contributed by atoms with van der Waals surface area (Å²) in [4.78, 5) is 16.1. The van der Waals surface area contributed by atoms with Gasteiger partial charge in [0.2, 0.25) is 0 Å². The van der Waals surface area contributed by atoms with Gasteiger partial charge in [0.1, 0.15) is 6.26 Å². The molecule has 0 amide bonds. The average molecular weight is 299 g/mol. The lowest BCUT2D eigenvalue weighted by atomic mass is 10.2. The summed E-state index contributed by atoms with van der Waals surface area (Å²) in [5, 5.41) is 4.42. The zero-order chi connectivity index (χ0) is 15.5. The highest BCUT2D eigenvalue weighted by Gasteiger charge is 2.09. The largest absolute Gasteiger partial charge is 0.472 e. The predicted molar refractivity (Wildman–Crippen MR) is 79.8 cm³/mol. The molecule has 0 aliphatic rings. The first-order valence-corrected chi connectivity index (χ1v) is 7.15. The van der Waals surface area contributed by atoms with E-state index in [2.05, 4.69) is 10.1 Å². The third-order valence-electron chi connectivity index (χ3n) is 3.59. The van der Waals surface area contributed by atoms with E-state index in [0.29, 0.717) is 12.2 Å². The van der Waals surface area contributed by atoms with Gasteiger partial charge in [0.05, 0.1) is 24.1 Å². The molecule has 0 unspecified atom stereocenters. The normalized spacial score (nSPS) is 11.0. The number of hydrogen-bond acceptors (Lipinski definition) is 5. The van der Waals surface area contributed by atoms with Crippen LogP contribution in [0.1, 0.15) is 33.6 Å². The van der Waals surface area contributed by atoms with Gasteiger partial charge in [-0.3, -0.25) is 0 Å². The molecule has 6 heteroatoms. The van der Waals surface area contributed by atoms with Crippen molar-refractivity contribution in [1.29, 1.82) is 0 Å². The summed E-state index contributed by atoms with van der Waals surface area (Å²) in [5.41, 5.74) is 4.46. The average Bonchev–Trinajstić information content (AvgIpc) is 3.13. The van der Waals surface area contributed by atoms with Crippen molar-refractivity contribution in [2.45, 2.75) is 26.7 Å². The van der Waals surface area contributed by atoms with Crippen molar-refractivity contribution in [3.63, 3.8) is 0 Å². The van der Waals surface area contributed by atoms with Crippen molar-refractivity contribution in [2.75, 3.05) is 6.61 Å². The van der Waals surface area contributed by atoms with E-state index in [1.54, 1.807) is 10.6 Å². The molecule has 0 aliphatic carbocycles. The van der Waals surface area contributed by atoms with E-state index in [1.165, 1.54) is 12.5 Å². The summed E-state index contributed by atoms with van der Waals surface area (Å²) in [6.07, 6.45) is 8.16. The summed E-state index contributed by atoms with van der Waals surface area (Å²) >= 11 is 0. The van der Waals surface area contributed by atoms with E-state index in [-0.39, 0.29) is 5.97 Å². The first-order valence-electron chi connectivity index (χ1n) is 7.15. The molecule has 3 heterocycles. The van der Waals surface area contributed by atoms with E-state index in [0.717, 1.165) is 35.3 Å². The Bertz CT molecular complexity index is 790. The fourth-order valence-corrected chi connectivity index (χ4v) is 2.23. The summed E-state index contributed by atoms with van der Waals surface area (Å²) in [7, 11) is 0. The molecule has 0 bridgehead atoms. The topological polar surface area (TPSA) is 69.6 Å². The number of furan rings is 1. The SMILES string of the molecule is Cc1nn2cc(CCCOC(=O)c3ccoc3)cnc2c1C. The molecule has 0 saturated heterocycles. The lowest BCUT2D eigenvalue weighted by Gasteiger charge is -2.04. The molecule has 22 heavy (non-hydrogen) atoms. The zero-order valence-electron chi connectivity index (χ0n) is 12.6. The molecule has 114 valence electrons. The number of hydrogen-bond donors (Lipinski definition) is 0. The predicted octanol–water partition coefficient (Wildman–Crippen LogP) is 2.73. The van der Waals surface area contributed by atoms with Crippen molar-refractivity contribution in [1.82, 2.24) is 14.6 Å². The molecule has 0 radical (unpaired) electrons. The maximum absolute atomic E-state index is 11.6. The molecular formula is C16H17N3O3. The van der Waals surface area contributed by atoms with Crippen molar-refractivity contribution in [3.8, 4) is 0 Å². The molecular weight excluding hydrogens is 282 g/mol. The summed E-state index contributed by atoms with van der Waals surface area (Å²) in [6.45, 7) is 4.35. The van der Waals surface area contributed by atoms with Crippen LogP contribution in [-0.2, 0) is 11.2 Å². The first kappa shape index (κ1) is 14.3. The van der Waals surface area contributed by atoms with Crippen LogP contribution in [0.4, 0.5) is 0 Å². The second kappa shape index (κ2) is 6.01. The zero-order valence-corrected chi connectivity index (χ0v) is 12.6. The van der Waals surface area contributed by atoms with E-state index in [4.69, 9.17) is 9.15 Å². The standard InChI is InChI=1S/C16H17N3O3/c1-11-12(2)18-19-9-13(8-17-15(11)19)4-3-6-22-16(20)14-5-7-21-10-14/h5,7-10H,3-4,6H2,1-2H3. The highest BCUT2D eigenvalue weighted by molar-refractivity contribution is 5.88. The van der Waals surface area contributed by atoms with Gasteiger partial charge in [-0.25, -0.2) is 14.3 Å². The van der Waals surface area contributed by atoms with Gasteiger partial charge in [0.25, 0.3) is 0 Å². The van der Waals surface area contributed by atoms with Crippen LogP contribution in [0, 0.1) is 13.8 Å². The molecule has 0 atom stereocenters. The van der Waals surface area contributed by atoms with Crippen molar-refractivity contribution in [3.05, 3.63) is 53.4 Å². The Labute approximate surface area is 127 Å². The second-order valence-electron chi connectivity index (χ2n) is 5.19. The van der Waals surface area contributed by atoms with E-state index >= 15 is 0 Å². The van der Waals surface area contributed by atoms with Gasteiger partial charge in [-0.2, -0.15) is 5.10 Å². The van der Waals surface area contributed by atoms with Crippen LogP contribution in [0.15, 0.2) is 35.4 Å². The van der Waals surface area contributed by atoms with Crippen LogP contribution in [0.25, 0.3) is 5.65 Å². The molecule has 0 fully saturated rings. The summed E-state index contributed by atoms with van der Waals surface area (Å²) < 4.78 is 11.8. The lowest BCUT2D eigenvalue weighted by molar-refractivity contribution is 0.0500. The number of aromatic nitrogens is 3. The van der Waals surface area contributed by atoms with E-state index < -0.39 is 0 Å². The van der Waals surface area contributed by atoms with E-state index in [9.17, 15) is 4.79 Å². The number of carbonyl (C=O) groups is 1. The van der Waals surface area contributed by atoms with Crippen LogP contribution in [0.2, 0.25) is 0 Å². The number of esters is 1. The van der Waals surface area contributed by atoms with Crippen molar-refractivity contribution >= 4 is 11.6 Å². The summed E-state index contributed by atoms with van der Waals surface area (Å²) in [6, 6.07) is 1.59. The Morgan fingerprint density at radius 1 is 1.41 bits per heavy atom. The smallest absolute Gasteiger partial charge is 0.341 e. The third-order valence-corrected chi connectivity index (χ3v) is 3.59. The quantitative estimate of drug-likeness (QED) is 0.535. The monoisotopic (exact) mass is 299 g/mol. The minimum absolute atomic E-state index is 0.360. The molecule has 3 aromatic heterocycles. The molecule has 3 rings (SSSR count). The van der Waals surface area contributed by atoms with Gasteiger partial charge in [-0.05, 0) is 38.3 Å². The highest BCUT2D eigenvalue weighted by atomic mass is 16.5. The van der Waals surface area contributed by atoms with Crippen LogP contribution in [-0.4, -0.2) is 27.2 Å². The van der Waals surface area contributed by atoms with E-state index in [1.807, 2.05) is 26.2 Å². The summed E-state index contributed by atoms with van der Waals surface area (Å²) in [5.74, 6) is -0.361. The highest BCUT2D eigenvalue weighted by Crippen LogP contribution is 2.13. The number of aryl methyl sites for hydroxylation is 3. The number of rotatable bonds is 5. The Balaban J connectivity index is 1.54. The Hall–Kier alpha value is -2.63. The van der Waals surface area contributed by atoms with Gasteiger partial charge in [-0.1, -0.05) is 0 Å². The fourth-order valence-electron chi connectivity index (χ4n) is 2.23.